The lowest BCUT2D eigenvalue weighted by Crippen LogP contribution is -2.16. The molecule has 4 aromatic rings. The van der Waals surface area contributed by atoms with E-state index in [1.165, 1.54) is 12.1 Å². The number of hydrogen-bond donors (Lipinski definition) is 0. The second-order valence-corrected chi connectivity index (χ2v) is 6.33. The van der Waals surface area contributed by atoms with Crippen LogP contribution in [0.25, 0.3) is 0 Å². The zero-order chi connectivity index (χ0) is 18.5. The Morgan fingerprint density at radius 3 is 1.78 bits per heavy atom. The molecule has 0 radical (unpaired) electrons. The van der Waals surface area contributed by atoms with Crippen LogP contribution in [0.3, 0.4) is 0 Å². The molecule has 0 N–H and O–H groups in total. The highest BCUT2D eigenvalue weighted by molar-refractivity contribution is 5.41. The molecule has 0 aliphatic carbocycles. The van der Waals surface area contributed by atoms with Crippen molar-refractivity contribution in [2.75, 3.05) is 0 Å². The fourth-order valence-corrected chi connectivity index (χ4v) is 3.46. The van der Waals surface area contributed by atoms with E-state index in [9.17, 15) is 4.39 Å². The van der Waals surface area contributed by atoms with Crippen molar-refractivity contribution < 1.29 is 4.39 Å². The minimum absolute atomic E-state index is 0.0484. The van der Waals surface area contributed by atoms with Gasteiger partial charge in [0.25, 0.3) is 0 Å². The highest BCUT2D eigenvalue weighted by Gasteiger charge is 2.29. The van der Waals surface area contributed by atoms with Crippen molar-refractivity contribution in [1.82, 2.24) is 15.0 Å². The van der Waals surface area contributed by atoms with Gasteiger partial charge < -0.3 is 0 Å². The van der Waals surface area contributed by atoms with Crippen molar-refractivity contribution in [1.29, 1.82) is 0 Å². The van der Waals surface area contributed by atoms with Crippen LogP contribution >= 0.6 is 0 Å². The second-order valence-electron chi connectivity index (χ2n) is 6.33. The summed E-state index contributed by atoms with van der Waals surface area (Å²) < 4.78 is 13.6. The van der Waals surface area contributed by atoms with Crippen molar-refractivity contribution in [2.45, 2.75) is 11.8 Å². The molecule has 4 rings (SSSR count). The summed E-state index contributed by atoms with van der Waals surface area (Å²) in [7, 11) is 0. The normalized spacial score (nSPS) is 12.1. The molecule has 3 aromatic heterocycles. The van der Waals surface area contributed by atoms with Gasteiger partial charge in [0.2, 0.25) is 0 Å². The highest BCUT2D eigenvalue weighted by Crippen LogP contribution is 2.41. The first-order chi connectivity index (χ1) is 13.3. The van der Waals surface area contributed by atoms with Gasteiger partial charge in [-0.3, -0.25) is 15.0 Å². The number of rotatable bonds is 5. The van der Waals surface area contributed by atoms with E-state index in [2.05, 4.69) is 27.1 Å². The van der Waals surface area contributed by atoms with Gasteiger partial charge in [0.15, 0.2) is 0 Å². The maximum Gasteiger partial charge on any atom is 0.123 e. The second kappa shape index (κ2) is 7.87. The molecule has 0 bridgehead atoms. The summed E-state index contributed by atoms with van der Waals surface area (Å²) >= 11 is 0. The van der Waals surface area contributed by atoms with Crippen LogP contribution < -0.4 is 0 Å². The van der Waals surface area contributed by atoms with Gasteiger partial charge in [0, 0.05) is 48.5 Å². The van der Waals surface area contributed by atoms with Crippen LogP contribution in [0.4, 0.5) is 4.39 Å². The number of hydrogen-bond acceptors (Lipinski definition) is 3. The summed E-state index contributed by atoms with van der Waals surface area (Å²) in [6.07, 6.45) is 9.05. The lowest BCUT2D eigenvalue weighted by atomic mass is 9.76. The Kier molecular flexibility index (Phi) is 4.97. The minimum atomic E-state index is -0.252. The number of halogens is 1. The summed E-state index contributed by atoms with van der Waals surface area (Å²) in [5.41, 5.74) is 4.03. The van der Waals surface area contributed by atoms with Gasteiger partial charge in [-0.05, 0) is 53.1 Å². The van der Waals surface area contributed by atoms with Gasteiger partial charge in [0.05, 0.1) is 0 Å². The van der Waals surface area contributed by atoms with Gasteiger partial charge in [-0.15, -0.1) is 0 Å². The summed E-state index contributed by atoms with van der Waals surface area (Å²) in [5.74, 6) is -0.397. The Hall–Kier alpha value is -3.40. The van der Waals surface area contributed by atoms with E-state index < -0.39 is 0 Å². The molecule has 4 heteroatoms. The molecule has 0 fully saturated rings. The molecule has 0 amide bonds. The summed E-state index contributed by atoms with van der Waals surface area (Å²) in [6, 6.07) is 20.5. The maximum absolute atomic E-state index is 13.6. The summed E-state index contributed by atoms with van der Waals surface area (Å²) in [5, 5.41) is 0. The molecule has 27 heavy (non-hydrogen) atoms. The smallest absolute Gasteiger partial charge is 0.123 e. The van der Waals surface area contributed by atoms with E-state index in [1.54, 1.807) is 18.6 Å². The molecule has 0 aliphatic heterocycles. The maximum atomic E-state index is 13.6. The van der Waals surface area contributed by atoms with Crippen molar-refractivity contribution in [2.24, 2.45) is 0 Å². The molecule has 3 heterocycles. The van der Waals surface area contributed by atoms with Crippen LogP contribution in [0.2, 0.25) is 0 Å². The predicted octanol–water partition coefficient (Wildman–Crippen LogP) is 4.97. The van der Waals surface area contributed by atoms with E-state index in [1.807, 2.05) is 54.9 Å². The lowest BCUT2D eigenvalue weighted by molar-refractivity contribution is 0.622. The zero-order valence-electron chi connectivity index (χ0n) is 14.6. The Morgan fingerprint density at radius 2 is 1.26 bits per heavy atom. The first kappa shape index (κ1) is 17.0. The fraction of sp³-hybridized carbons (Fsp3) is 0.0870. The van der Waals surface area contributed by atoms with Gasteiger partial charge in [-0.25, -0.2) is 4.39 Å². The van der Waals surface area contributed by atoms with E-state index in [0.717, 1.165) is 22.4 Å². The third-order valence-corrected chi connectivity index (χ3v) is 4.66. The van der Waals surface area contributed by atoms with Crippen molar-refractivity contribution >= 4 is 0 Å². The van der Waals surface area contributed by atoms with E-state index in [0.29, 0.717) is 0 Å². The molecule has 1 unspecified atom stereocenters. The lowest BCUT2D eigenvalue weighted by Gasteiger charge is -2.28. The minimum Gasteiger partial charge on any atom is -0.264 e. The molecule has 0 aliphatic rings. The van der Waals surface area contributed by atoms with Crippen LogP contribution in [-0.2, 0) is 0 Å². The number of benzene rings is 1. The molecular weight excluding hydrogens is 337 g/mol. The molecule has 0 spiro atoms. The van der Waals surface area contributed by atoms with Crippen LogP contribution in [0, 0.1) is 5.82 Å². The topological polar surface area (TPSA) is 38.7 Å². The molecule has 1 aromatic carbocycles. The first-order valence-corrected chi connectivity index (χ1v) is 8.79. The standard InChI is InChI=1S/C23H18FN3/c24-20-10-8-17(9-11-20)23(21-7-1-2-14-27-21)22(18-5-3-12-25-15-18)19-6-4-13-26-16-19/h1-16,22-23H. The van der Waals surface area contributed by atoms with Crippen molar-refractivity contribution in [3.8, 4) is 0 Å². The largest absolute Gasteiger partial charge is 0.264 e. The van der Waals surface area contributed by atoms with Gasteiger partial charge >= 0.3 is 0 Å². The monoisotopic (exact) mass is 355 g/mol. The molecule has 0 saturated carbocycles. The predicted molar refractivity (Wildman–Crippen MR) is 103 cm³/mol. The molecule has 132 valence electrons. The SMILES string of the molecule is Fc1ccc(C(c2ccccn2)C(c2cccnc2)c2cccnc2)cc1. The van der Waals surface area contributed by atoms with Gasteiger partial charge in [-0.2, -0.15) is 0 Å². The highest BCUT2D eigenvalue weighted by atomic mass is 19.1. The molecule has 3 nitrogen and oxygen atoms in total. The molecule has 0 saturated heterocycles. The fourth-order valence-electron chi connectivity index (χ4n) is 3.46. The van der Waals surface area contributed by atoms with E-state index in [4.69, 9.17) is 0 Å². The summed E-state index contributed by atoms with van der Waals surface area (Å²) in [6.45, 7) is 0. The number of pyridine rings is 3. The summed E-state index contributed by atoms with van der Waals surface area (Å²) in [4.78, 5) is 13.2. The quantitative estimate of drug-likeness (QED) is 0.507. The van der Waals surface area contributed by atoms with Crippen LogP contribution in [0.15, 0.2) is 97.7 Å². The Balaban J connectivity index is 1.93. The third-order valence-electron chi connectivity index (χ3n) is 4.66. The van der Waals surface area contributed by atoms with Crippen LogP contribution in [0.5, 0.6) is 0 Å². The molecule has 1 atom stereocenters. The Bertz CT molecular complexity index is 935. The van der Waals surface area contributed by atoms with Crippen molar-refractivity contribution in [3.63, 3.8) is 0 Å². The average molecular weight is 355 g/mol. The van der Waals surface area contributed by atoms with E-state index >= 15 is 0 Å². The van der Waals surface area contributed by atoms with Crippen LogP contribution in [0.1, 0.15) is 34.2 Å². The third kappa shape index (κ3) is 3.75. The number of aromatic nitrogens is 3. The molecular formula is C23H18FN3. The Labute approximate surface area is 157 Å². The average Bonchev–Trinajstić information content (AvgIpc) is 2.75. The van der Waals surface area contributed by atoms with E-state index in [-0.39, 0.29) is 17.7 Å². The van der Waals surface area contributed by atoms with Gasteiger partial charge in [0.1, 0.15) is 5.82 Å². The zero-order valence-corrected chi connectivity index (χ0v) is 14.6. The Morgan fingerprint density at radius 1 is 0.593 bits per heavy atom. The van der Waals surface area contributed by atoms with Crippen molar-refractivity contribution in [3.05, 3.63) is 126 Å². The number of nitrogens with zero attached hydrogens (tertiary/aromatic N) is 3. The van der Waals surface area contributed by atoms with Crippen LogP contribution in [-0.4, -0.2) is 15.0 Å². The first-order valence-electron chi connectivity index (χ1n) is 8.79. The van der Waals surface area contributed by atoms with Gasteiger partial charge in [-0.1, -0.05) is 30.3 Å².